The van der Waals surface area contributed by atoms with Gasteiger partial charge in [-0.25, -0.2) is 0 Å². The summed E-state index contributed by atoms with van der Waals surface area (Å²) in [4.78, 5) is 12.0. The highest BCUT2D eigenvalue weighted by molar-refractivity contribution is 7.81. The second kappa shape index (κ2) is 6.15. The summed E-state index contributed by atoms with van der Waals surface area (Å²) < 4.78 is 0. The van der Waals surface area contributed by atoms with Crippen molar-refractivity contribution in [3.05, 3.63) is 41.6 Å². The number of anilines is 1. The van der Waals surface area contributed by atoms with Crippen LogP contribution in [0.5, 0.6) is 0 Å². The lowest BCUT2D eigenvalue weighted by molar-refractivity contribution is -0.113. The standard InChI is InChI=1S/C13H16N2OS/c1-9(14-3)12(10(2)16)13(17)15-11-7-5-4-6-8-11/h4-8,14H,1-3H3,(H,15,17). The molecule has 0 saturated carbocycles. The Bertz CT molecular complexity index is 452. The average molecular weight is 248 g/mol. The van der Waals surface area contributed by atoms with Gasteiger partial charge in [0.05, 0.1) is 5.57 Å². The fraction of sp³-hybridized carbons (Fsp3) is 0.231. The minimum absolute atomic E-state index is 0.0507. The third-order valence-corrected chi connectivity index (χ3v) is 2.67. The van der Waals surface area contributed by atoms with Crippen LogP contribution in [0.25, 0.3) is 0 Å². The second-order valence-corrected chi connectivity index (χ2v) is 4.03. The van der Waals surface area contributed by atoms with Crippen LogP contribution >= 0.6 is 12.2 Å². The number of hydrogen-bond acceptors (Lipinski definition) is 3. The number of nitrogens with one attached hydrogen (secondary N) is 2. The van der Waals surface area contributed by atoms with Crippen molar-refractivity contribution in [1.29, 1.82) is 0 Å². The van der Waals surface area contributed by atoms with Crippen LogP contribution in [0.4, 0.5) is 5.69 Å². The van der Waals surface area contributed by atoms with Crippen molar-refractivity contribution in [1.82, 2.24) is 5.32 Å². The van der Waals surface area contributed by atoms with Crippen LogP contribution in [0.1, 0.15) is 13.8 Å². The van der Waals surface area contributed by atoms with E-state index in [4.69, 9.17) is 12.2 Å². The second-order valence-electron chi connectivity index (χ2n) is 3.63. The van der Waals surface area contributed by atoms with Gasteiger partial charge in [0.1, 0.15) is 4.99 Å². The zero-order valence-electron chi connectivity index (χ0n) is 10.2. The predicted octanol–water partition coefficient (Wildman–Crippen LogP) is 2.51. The van der Waals surface area contributed by atoms with E-state index in [2.05, 4.69) is 10.6 Å². The lowest BCUT2D eigenvalue weighted by Gasteiger charge is -2.12. The van der Waals surface area contributed by atoms with Crippen molar-refractivity contribution in [2.75, 3.05) is 12.4 Å². The first-order valence-corrected chi connectivity index (χ1v) is 5.73. The molecule has 1 rings (SSSR count). The molecule has 0 heterocycles. The molecule has 0 amide bonds. The van der Waals surface area contributed by atoms with E-state index in [-0.39, 0.29) is 5.78 Å². The van der Waals surface area contributed by atoms with Crippen molar-refractivity contribution in [2.45, 2.75) is 13.8 Å². The molecule has 0 atom stereocenters. The number of ketones is 1. The predicted molar refractivity (Wildman–Crippen MR) is 75.1 cm³/mol. The first-order chi connectivity index (χ1) is 8.06. The van der Waals surface area contributed by atoms with Gasteiger partial charge >= 0.3 is 0 Å². The molecule has 0 spiro atoms. The lowest BCUT2D eigenvalue weighted by Crippen LogP contribution is -2.22. The summed E-state index contributed by atoms with van der Waals surface area (Å²) in [6.45, 7) is 3.34. The van der Waals surface area contributed by atoms with Crippen LogP contribution in [-0.2, 0) is 4.79 Å². The van der Waals surface area contributed by atoms with E-state index in [0.29, 0.717) is 10.6 Å². The van der Waals surface area contributed by atoms with E-state index in [0.717, 1.165) is 11.4 Å². The molecule has 0 bridgehead atoms. The highest BCUT2D eigenvalue weighted by Gasteiger charge is 2.13. The van der Waals surface area contributed by atoms with Crippen molar-refractivity contribution < 1.29 is 4.79 Å². The van der Waals surface area contributed by atoms with Crippen LogP contribution in [-0.4, -0.2) is 17.8 Å². The molecule has 0 unspecified atom stereocenters. The number of carbonyl (C=O) groups excluding carboxylic acids is 1. The lowest BCUT2D eigenvalue weighted by atomic mass is 10.1. The Balaban J connectivity index is 2.92. The monoisotopic (exact) mass is 248 g/mol. The van der Waals surface area contributed by atoms with Gasteiger partial charge in [0.15, 0.2) is 5.78 Å². The smallest absolute Gasteiger partial charge is 0.164 e. The molecule has 0 saturated heterocycles. The Kier molecular flexibility index (Phi) is 4.84. The summed E-state index contributed by atoms with van der Waals surface area (Å²) in [5.74, 6) is -0.0507. The van der Waals surface area contributed by atoms with Crippen LogP contribution in [0.15, 0.2) is 41.6 Å². The number of allylic oxidation sites excluding steroid dienone is 1. The molecule has 1 aromatic rings. The largest absolute Gasteiger partial charge is 0.391 e. The normalized spacial score (nSPS) is 11.5. The molecule has 0 aromatic heterocycles. The van der Waals surface area contributed by atoms with Gasteiger partial charge in [0.2, 0.25) is 0 Å². The maximum absolute atomic E-state index is 11.6. The van der Waals surface area contributed by atoms with Crippen LogP contribution in [0, 0.1) is 0 Å². The molecule has 0 radical (unpaired) electrons. The molecule has 90 valence electrons. The minimum atomic E-state index is -0.0507. The Hall–Kier alpha value is -1.68. The number of rotatable bonds is 4. The maximum Gasteiger partial charge on any atom is 0.164 e. The van der Waals surface area contributed by atoms with E-state index >= 15 is 0 Å². The summed E-state index contributed by atoms with van der Waals surface area (Å²) >= 11 is 5.25. The van der Waals surface area contributed by atoms with Gasteiger partial charge in [0, 0.05) is 18.4 Å². The molecule has 0 fully saturated rings. The first-order valence-electron chi connectivity index (χ1n) is 5.32. The van der Waals surface area contributed by atoms with Crippen LogP contribution in [0.3, 0.4) is 0 Å². The summed E-state index contributed by atoms with van der Waals surface area (Å²) in [7, 11) is 1.77. The summed E-state index contributed by atoms with van der Waals surface area (Å²) in [6, 6.07) is 9.55. The molecule has 0 aliphatic heterocycles. The number of benzene rings is 1. The van der Waals surface area contributed by atoms with Crippen molar-refractivity contribution in [2.24, 2.45) is 0 Å². The molecular weight excluding hydrogens is 232 g/mol. The zero-order valence-corrected chi connectivity index (χ0v) is 11.0. The van der Waals surface area contributed by atoms with Gasteiger partial charge < -0.3 is 10.6 Å². The molecule has 0 aliphatic rings. The molecule has 1 aromatic carbocycles. The first kappa shape index (κ1) is 13.4. The Morgan fingerprint density at radius 2 is 1.76 bits per heavy atom. The van der Waals surface area contributed by atoms with Crippen LogP contribution in [0.2, 0.25) is 0 Å². The van der Waals surface area contributed by atoms with Crippen molar-refractivity contribution in [3.63, 3.8) is 0 Å². The van der Waals surface area contributed by atoms with E-state index < -0.39 is 0 Å². The van der Waals surface area contributed by atoms with Crippen LogP contribution < -0.4 is 10.6 Å². The van der Waals surface area contributed by atoms with Crippen molar-refractivity contribution >= 4 is 28.7 Å². The summed E-state index contributed by atoms with van der Waals surface area (Å²) in [5, 5.41) is 6.00. The number of thiocarbonyl (C=S) groups is 1. The topological polar surface area (TPSA) is 41.1 Å². The minimum Gasteiger partial charge on any atom is -0.391 e. The van der Waals surface area contributed by atoms with E-state index in [1.807, 2.05) is 37.3 Å². The number of carbonyl (C=O) groups is 1. The molecule has 2 N–H and O–H groups in total. The average Bonchev–Trinajstić information content (AvgIpc) is 2.29. The Labute approximate surface area is 107 Å². The fourth-order valence-electron chi connectivity index (χ4n) is 1.43. The quantitative estimate of drug-likeness (QED) is 0.634. The molecule has 17 heavy (non-hydrogen) atoms. The highest BCUT2D eigenvalue weighted by Crippen LogP contribution is 2.11. The Morgan fingerprint density at radius 3 is 2.24 bits per heavy atom. The maximum atomic E-state index is 11.6. The van der Waals surface area contributed by atoms with E-state index in [9.17, 15) is 4.79 Å². The molecular formula is C13H16N2OS. The molecule has 0 aliphatic carbocycles. The third-order valence-electron chi connectivity index (χ3n) is 2.36. The van der Waals surface area contributed by atoms with Gasteiger partial charge in [0.25, 0.3) is 0 Å². The zero-order chi connectivity index (χ0) is 12.8. The fourth-order valence-corrected chi connectivity index (χ4v) is 1.85. The van der Waals surface area contributed by atoms with Gasteiger partial charge in [-0.1, -0.05) is 30.4 Å². The summed E-state index contributed by atoms with van der Waals surface area (Å²) in [6.07, 6.45) is 0. The number of Topliss-reactive ketones (excluding diaryl/α,β-unsaturated/α-hetero) is 1. The highest BCUT2D eigenvalue weighted by atomic mass is 32.1. The van der Waals surface area contributed by atoms with Gasteiger partial charge in [-0.2, -0.15) is 0 Å². The third kappa shape index (κ3) is 3.67. The number of para-hydroxylation sites is 1. The summed E-state index contributed by atoms with van der Waals surface area (Å²) in [5.41, 5.74) is 2.16. The van der Waals surface area contributed by atoms with E-state index in [1.54, 1.807) is 7.05 Å². The van der Waals surface area contributed by atoms with Crippen molar-refractivity contribution in [3.8, 4) is 0 Å². The van der Waals surface area contributed by atoms with Gasteiger partial charge in [-0.15, -0.1) is 0 Å². The molecule has 4 heteroatoms. The van der Waals surface area contributed by atoms with Gasteiger partial charge in [-0.05, 0) is 26.0 Å². The Morgan fingerprint density at radius 1 is 1.18 bits per heavy atom. The SMILES string of the molecule is CNC(C)=C(C(C)=O)C(=S)Nc1ccccc1. The molecule has 3 nitrogen and oxygen atoms in total. The van der Waals surface area contributed by atoms with Gasteiger partial charge in [-0.3, -0.25) is 4.79 Å². The number of hydrogen-bond donors (Lipinski definition) is 2. The van der Waals surface area contributed by atoms with E-state index in [1.165, 1.54) is 6.92 Å².